The molecule has 0 aliphatic carbocycles. The van der Waals surface area contributed by atoms with E-state index in [0.717, 1.165) is 5.56 Å². The molecule has 8 nitrogen and oxygen atoms in total. The first-order chi connectivity index (χ1) is 14.3. The first-order valence-electron chi connectivity index (χ1n) is 9.16. The number of primary amides is 1. The van der Waals surface area contributed by atoms with Crippen LogP contribution in [0.25, 0.3) is 10.9 Å². The molecule has 30 heavy (non-hydrogen) atoms. The molecule has 3 aromatic rings. The molecule has 0 spiro atoms. The molecule has 3 rings (SSSR count). The maximum Gasteiger partial charge on any atom is 0.358 e. The Hall–Kier alpha value is -4.12. The Labute approximate surface area is 172 Å². The molecule has 0 radical (unpaired) electrons. The van der Waals surface area contributed by atoms with Crippen LogP contribution in [-0.2, 0) is 16.1 Å². The van der Waals surface area contributed by atoms with E-state index in [4.69, 9.17) is 15.2 Å². The Morgan fingerprint density at radius 3 is 2.40 bits per heavy atom. The lowest BCUT2D eigenvalue weighted by Crippen LogP contribution is -2.15. The minimum absolute atomic E-state index is 0.0658. The first-order valence-corrected chi connectivity index (χ1v) is 9.16. The number of nitriles is 1. The second-order valence-electron chi connectivity index (χ2n) is 6.48. The summed E-state index contributed by atoms with van der Waals surface area (Å²) in [5, 5.41) is 9.80. The fraction of sp³-hybridized carbons (Fsp3) is 0.182. The van der Waals surface area contributed by atoms with Crippen molar-refractivity contribution in [3.8, 4) is 11.8 Å². The minimum atomic E-state index is -0.655. The molecule has 2 N–H and O–H groups in total. The largest absolute Gasteiger partial charge is 0.461 e. The quantitative estimate of drug-likeness (QED) is 0.629. The third-order valence-electron chi connectivity index (χ3n) is 4.44. The molecule has 0 saturated carbocycles. The summed E-state index contributed by atoms with van der Waals surface area (Å²) < 4.78 is 12.2. The van der Waals surface area contributed by atoms with Gasteiger partial charge >= 0.3 is 11.9 Å². The molecule has 0 aliphatic rings. The lowest BCUT2D eigenvalue weighted by atomic mass is 10.1. The summed E-state index contributed by atoms with van der Waals surface area (Å²) in [7, 11) is 0. The molecule has 0 aliphatic heterocycles. The number of ether oxygens (including phenoxy) is 2. The number of fused-ring (bicyclic) bond motifs is 1. The number of carbonyl (C=O) groups excluding carboxylic acids is 3. The van der Waals surface area contributed by atoms with Crippen molar-refractivity contribution < 1.29 is 23.9 Å². The molecule has 0 fully saturated rings. The van der Waals surface area contributed by atoms with E-state index in [0.29, 0.717) is 22.0 Å². The molecule has 1 aromatic heterocycles. The van der Waals surface area contributed by atoms with Gasteiger partial charge in [-0.1, -0.05) is 12.1 Å². The second kappa shape index (κ2) is 8.49. The van der Waals surface area contributed by atoms with E-state index in [-0.39, 0.29) is 24.6 Å². The Kier molecular flexibility index (Phi) is 5.83. The van der Waals surface area contributed by atoms with Crippen LogP contribution in [0.1, 0.15) is 45.8 Å². The molecule has 8 heteroatoms. The summed E-state index contributed by atoms with van der Waals surface area (Å²) in [6.07, 6.45) is 0. The number of carbonyl (C=O) groups is 3. The highest BCUT2D eigenvalue weighted by Gasteiger charge is 2.27. The van der Waals surface area contributed by atoms with Crippen molar-refractivity contribution in [1.82, 2.24) is 4.57 Å². The van der Waals surface area contributed by atoms with E-state index < -0.39 is 17.8 Å². The summed E-state index contributed by atoms with van der Waals surface area (Å²) in [5.74, 6) is -1.71. The number of hydrogen-bond donors (Lipinski definition) is 1. The van der Waals surface area contributed by atoms with Gasteiger partial charge in [0.2, 0.25) is 5.91 Å². The monoisotopic (exact) mass is 405 g/mol. The third-order valence-corrected chi connectivity index (χ3v) is 4.44. The number of aromatic nitrogens is 1. The van der Waals surface area contributed by atoms with E-state index in [1.54, 1.807) is 54.0 Å². The maximum absolute atomic E-state index is 12.8. The van der Waals surface area contributed by atoms with E-state index in [1.807, 2.05) is 0 Å². The van der Waals surface area contributed by atoms with Gasteiger partial charge < -0.3 is 19.8 Å². The van der Waals surface area contributed by atoms with Gasteiger partial charge in [0.15, 0.2) is 11.4 Å². The molecular weight excluding hydrogens is 386 g/mol. The van der Waals surface area contributed by atoms with Crippen molar-refractivity contribution in [1.29, 1.82) is 5.26 Å². The predicted molar refractivity (Wildman–Crippen MR) is 108 cm³/mol. The molecule has 2 aromatic carbocycles. The standard InChI is InChI=1S/C22H19N3O5/c1-3-29-22(28)19-20(30-13(2)26)17-9-6-15(11-23)10-18(17)25(19)12-14-4-7-16(8-5-14)21(24)27/h4-10H,3,12H2,1-2H3,(H2,24,27). The summed E-state index contributed by atoms with van der Waals surface area (Å²) in [6, 6.07) is 13.5. The zero-order chi connectivity index (χ0) is 21.8. The number of nitrogens with zero attached hydrogens (tertiary/aromatic N) is 2. The number of nitrogens with two attached hydrogens (primary N) is 1. The summed E-state index contributed by atoms with van der Waals surface area (Å²) in [4.78, 5) is 35.8. The van der Waals surface area contributed by atoms with Crippen LogP contribution in [0.4, 0.5) is 0 Å². The topological polar surface area (TPSA) is 124 Å². The van der Waals surface area contributed by atoms with Gasteiger partial charge in [0.05, 0.1) is 23.8 Å². The van der Waals surface area contributed by atoms with Gasteiger partial charge in [-0.25, -0.2) is 4.79 Å². The van der Waals surface area contributed by atoms with Crippen molar-refractivity contribution in [2.75, 3.05) is 6.61 Å². The number of rotatable bonds is 6. The van der Waals surface area contributed by atoms with Crippen LogP contribution in [0.2, 0.25) is 0 Å². The SMILES string of the molecule is CCOC(=O)c1c(OC(C)=O)c2ccc(C#N)cc2n1Cc1ccc(C(N)=O)cc1. The summed E-state index contributed by atoms with van der Waals surface area (Å²) in [5.41, 5.74) is 7.39. The molecule has 0 bridgehead atoms. The number of amides is 1. The number of benzene rings is 2. The Morgan fingerprint density at radius 2 is 1.83 bits per heavy atom. The smallest absolute Gasteiger partial charge is 0.358 e. The highest BCUT2D eigenvalue weighted by atomic mass is 16.5. The van der Waals surface area contributed by atoms with Gasteiger partial charge in [0.1, 0.15) is 0 Å². The van der Waals surface area contributed by atoms with Crippen LogP contribution in [0.5, 0.6) is 5.75 Å². The molecule has 0 saturated heterocycles. The third kappa shape index (κ3) is 4.00. The Balaban J connectivity index is 2.24. The molecule has 152 valence electrons. The average Bonchev–Trinajstić information content (AvgIpc) is 3.00. The van der Waals surface area contributed by atoms with Crippen molar-refractivity contribution in [3.05, 3.63) is 64.8 Å². The van der Waals surface area contributed by atoms with Crippen molar-refractivity contribution in [2.24, 2.45) is 5.73 Å². The molecule has 0 atom stereocenters. The van der Waals surface area contributed by atoms with Crippen LogP contribution < -0.4 is 10.5 Å². The lowest BCUT2D eigenvalue weighted by molar-refractivity contribution is -0.131. The van der Waals surface area contributed by atoms with Gasteiger partial charge in [-0.15, -0.1) is 0 Å². The molecular formula is C22H19N3O5. The summed E-state index contributed by atoms with van der Waals surface area (Å²) >= 11 is 0. The molecule has 1 heterocycles. The number of esters is 2. The van der Waals surface area contributed by atoms with Crippen LogP contribution in [0.15, 0.2) is 42.5 Å². The maximum atomic E-state index is 12.8. The van der Waals surface area contributed by atoms with Crippen molar-refractivity contribution >= 4 is 28.7 Å². The van der Waals surface area contributed by atoms with Gasteiger partial charge in [-0.05, 0) is 42.8 Å². The Bertz CT molecular complexity index is 1190. The van der Waals surface area contributed by atoms with E-state index in [9.17, 15) is 19.6 Å². The number of hydrogen-bond acceptors (Lipinski definition) is 6. The van der Waals surface area contributed by atoms with Crippen LogP contribution in [-0.4, -0.2) is 29.0 Å². The highest BCUT2D eigenvalue weighted by molar-refractivity contribution is 6.03. The van der Waals surface area contributed by atoms with E-state index in [2.05, 4.69) is 6.07 Å². The predicted octanol–water partition coefficient (Wildman–Crippen LogP) is 2.76. The van der Waals surface area contributed by atoms with Crippen LogP contribution in [0.3, 0.4) is 0 Å². The van der Waals surface area contributed by atoms with Gasteiger partial charge in [0.25, 0.3) is 0 Å². The minimum Gasteiger partial charge on any atom is -0.461 e. The Morgan fingerprint density at radius 1 is 1.13 bits per heavy atom. The second-order valence-corrected chi connectivity index (χ2v) is 6.48. The molecule has 0 unspecified atom stereocenters. The highest BCUT2D eigenvalue weighted by Crippen LogP contribution is 2.35. The molecule has 1 amide bonds. The first kappa shape index (κ1) is 20.6. The van der Waals surface area contributed by atoms with E-state index in [1.165, 1.54) is 6.92 Å². The van der Waals surface area contributed by atoms with E-state index >= 15 is 0 Å². The zero-order valence-corrected chi connectivity index (χ0v) is 16.5. The van der Waals surface area contributed by atoms with Crippen molar-refractivity contribution in [3.63, 3.8) is 0 Å². The van der Waals surface area contributed by atoms with Gasteiger partial charge in [0, 0.05) is 24.4 Å². The summed E-state index contributed by atoms with van der Waals surface area (Å²) in [6.45, 7) is 3.26. The fourth-order valence-corrected chi connectivity index (χ4v) is 3.16. The average molecular weight is 405 g/mol. The van der Waals surface area contributed by atoms with Gasteiger partial charge in [-0.2, -0.15) is 5.26 Å². The normalized spacial score (nSPS) is 10.4. The van der Waals surface area contributed by atoms with Crippen molar-refractivity contribution in [2.45, 2.75) is 20.4 Å². The fourth-order valence-electron chi connectivity index (χ4n) is 3.16. The zero-order valence-electron chi connectivity index (χ0n) is 16.5. The lowest BCUT2D eigenvalue weighted by Gasteiger charge is -2.11. The van der Waals surface area contributed by atoms with Crippen LogP contribution >= 0.6 is 0 Å². The van der Waals surface area contributed by atoms with Gasteiger partial charge in [-0.3, -0.25) is 9.59 Å². The van der Waals surface area contributed by atoms with Crippen LogP contribution in [0, 0.1) is 11.3 Å².